The second-order valence-corrected chi connectivity index (χ2v) is 5.33. The number of anilines is 1. The van der Waals surface area contributed by atoms with Gasteiger partial charge in [-0.3, -0.25) is 9.59 Å². The molecule has 0 aliphatic rings. The van der Waals surface area contributed by atoms with Crippen LogP contribution in [0.3, 0.4) is 0 Å². The van der Waals surface area contributed by atoms with Gasteiger partial charge in [0.2, 0.25) is 0 Å². The fourth-order valence-electron chi connectivity index (χ4n) is 2.09. The Hall–Kier alpha value is -2.27. The zero-order valence-electron chi connectivity index (χ0n) is 12.3. The molecular formula is C17H14ClF2NO2. The van der Waals surface area contributed by atoms with E-state index >= 15 is 0 Å². The average molecular weight is 338 g/mol. The molecule has 0 saturated carbocycles. The van der Waals surface area contributed by atoms with Crippen LogP contribution in [0.5, 0.6) is 0 Å². The van der Waals surface area contributed by atoms with E-state index in [4.69, 9.17) is 11.6 Å². The molecule has 0 bridgehead atoms. The van der Waals surface area contributed by atoms with Crippen LogP contribution in [-0.4, -0.2) is 11.7 Å². The zero-order valence-corrected chi connectivity index (χ0v) is 13.1. The van der Waals surface area contributed by atoms with E-state index in [1.807, 2.05) is 0 Å². The SMILES string of the molecule is CCC(=O)Cc1cccc(Cl)c1C(=O)Nc1cc(F)ccc1F. The molecule has 0 radical (unpaired) electrons. The van der Waals surface area contributed by atoms with Gasteiger partial charge in [-0.2, -0.15) is 0 Å². The van der Waals surface area contributed by atoms with Crippen LogP contribution in [0.1, 0.15) is 29.3 Å². The Morgan fingerprint density at radius 1 is 1.17 bits per heavy atom. The largest absolute Gasteiger partial charge is 0.319 e. The first kappa shape index (κ1) is 17.1. The van der Waals surface area contributed by atoms with Crippen molar-refractivity contribution in [2.24, 2.45) is 0 Å². The van der Waals surface area contributed by atoms with E-state index in [0.717, 1.165) is 18.2 Å². The molecule has 1 amide bonds. The smallest absolute Gasteiger partial charge is 0.257 e. The van der Waals surface area contributed by atoms with Crippen molar-refractivity contribution in [2.45, 2.75) is 19.8 Å². The van der Waals surface area contributed by atoms with Crippen LogP contribution in [-0.2, 0) is 11.2 Å². The van der Waals surface area contributed by atoms with Crippen molar-refractivity contribution < 1.29 is 18.4 Å². The van der Waals surface area contributed by atoms with Gasteiger partial charge in [0.1, 0.15) is 17.4 Å². The first-order valence-electron chi connectivity index (χ1n) is 6.98. The van der Waals surface area contributed by atoms with Gasteiger partial charge < -0.3 is 5.32 Å². The average Bonchev–Trinajstić information content (AvgIpc) is 2.50. The van der Waals surface area contributed by atoms with Gasteiger partial charge in [-0.05, 0) is 23.8 Å². The molecule has 6 heteroatoms. The van der Waals surface area contributed by atoms with Gasteiger partial charge in [0.15, 0.2) is 0 Å². The molecule has 2 aromatic rings. The molecule has 0 saturated heterocycles. The van der Waals surface area contributed by atoms with E-state index in [0.29, 0.717) is 12.0 Å². The Kier molecular flexibility index (Phi) is 5.45. The highest BCUT2D eigenvalue weighted by atomic mass is 35.5. The molecule has 0 heterocycles. The number of hydrogen-bond acceptors (Lipinski definition) is 2. The third-order valence-corrected chi connectivity index (χ3v) is 3.60. The molecule has 0 aliphatic carbocycles. The van der Waals surface area contributed by atoms with Crippen LogP contribution in [0.2, 0.25) is 5.02 Å². The highest BCUT2D eigenvalue weighted by Gasteiger charge is 2.18. The van der Waals surface area contributed by atoms with Gasteiger partial charge in [0.05, 0.1) is 16.3 Å². The summed E-state index contributed by atoms with van der Waals surface area (Å²) in [4.78, 5) is 24.0. The van der Waals surface area contributed by atoms with Gasteiger partial charge >= 0.3 is 0 Å². The third-order valence-electron chi connectivity index (χ3n) is 3.29. The van der Waals surface area contributed by atoms with Crippen LogP contribution < -0.4 is 5.32 Å². The molecule has 0 atom stereocenters. The van der Waals surface area contributed by atoms with Gasteiger partial charge in [0.25, 0.3) is 5.91 Å². The highest BCUT2D eigenvalue weighted by Crippen LogP contribution is 2.24. The quantitative estimate of drug-likeness (QED) is 0.879. The minimum absolute atomic E-state index is 0.0471. The second kappa shape index (κ2) is 7.33. The van der Waals surface area contributed by atoms with Crippen molar-refractivity contribution in [1.29, 1.82) is 0 Å². The molecule has 0 aromatic heterocycles. The number of hydrogen-bond donors (Lipinski definition) is 1. The molecule has 0 fully saturated rings. The number of carbonyl (C=O) groups excluding carboxylic acids is 2. The van der Waals surface area contributed by atoms with Crippen molar-refractivity contribution in [2.75, 3.05) is 5.32 Å². The first-order valence-corrected chi connectivity index (χ1v) is 7.35. The van der Waals surface area contributed by atoms with Gasteiger partial charge in [-0.1, -0.05) is 30.7 Å². The maximum Gasteiger partial charge on any atom is 0.257 e. The summed E-state index contributed by atoms with van der Waals surface area (Å²) in [5.41, 5.74) is 0.237. The fourth-order valence-corrected chi connectivity index (χ4v) is 2.37. The fraction of sp³-hybridized carbons (Fsp3) is 0.176. The molecule has 2 rings (SSSR count). The van der Waals surface area contributed by atoms with Crippen LogP contribution in [0.15, 0.2) is 36.4 Å². The summed E-state index contributed by atoms with van der Waals surface area (Å²) in [5, 5.41) is 2.43. The molecule has 1 N–H and O–H groups in total. The van der Waals surface area contributed by atoms with Crippen molar-refractivity contribution in [3.8, 4) is 0 Å². The number of benzene rings is 2. The normalized spacial score (nSPS) is 10.4. The Balaban J connectivity index is 2.35. The Labute approximate surface area is 137 Å². The second-order valence-electron chi connectivity index (χ2n) is 4.92. The summed E-state index contributed by atoms with van der Waals surface area (Å²) in [5.74, 6) is -2.20. The number of nitrogens with one attached hydrogen (secondary N) is 1. The van der Waals surface area contributed by atoms with E-state index in [1.54, 1.807) is 19.1 Å². The first-order chi connectivity index (χ1) is 10.9. The van der Waals surface area contributed by atoms with E-state index in [2.05, 4.69) is 5.32 Å². The number of amides is 1. The summed E-state index contributed by atoms with van der Waals surface area (Å²) in [7, 11) is 0. The summed E-state index contributed by atoms with van der Waals surface area (Å²) in [6, 6.07) is 7.47. The number of rotatable bonds is 5. The van der Waals surface area contributed by atoms with Crippen molar-refractivity contribution in [3.05, 3.63) is 64.2 Å². The Morgan fingerprint density at radius 2 is 1.91 bits per heavy atom. The molecule has 0 unspecified atom stereocenters. The number of halogens is 3. The number of Topliss-reactive ketones (excluding diaryl/α,β-unsaturated/α-hetero) is 1. The predicted octanol–water partition coefficient (Wildman–Crippen LogP) is 4.39. The van der Waals surface area contributed by atoms with Crippen LogP contribution in [0.4, 0.5) is 14.5 Å². The van der Waals surface area contributed by atoms with Crippen LogP contribution in [0, 0.1) is 11.6 Å². The summed E-state index contributed by atoms with van der Waals surface area (Å²) in [6.07, 6.45) is 0.373. The van der Waals surface area contributed by atoms with Crippen molar-refractivity contribution in [3.63, 3.8) is 0 Å². The van der Waals surface area contributed by atoms with E-state index in [-0.39, 0.29) is 28.5 Å². The zero-order chi connectivity index (χ0) is 17.0. The molecule has 2 aromatic carbocycles. The summed E-state index contributed by atoms with van der Waals surface area (Å²) < 4.78 is 26.8. The third kappa shape index (κ3) is 4.13. The van der Waals surface area contributed by atoms with E-state index in [1.165, 1.54) is 6.07 Å². The summed E-state index contributed by atoms with van der Waals surface area (Å²) in [6.45, 7) is 1.72. The van der Waals surface area contributed by atoms with Crippen molar-refractivity contribution in [1.82, 2.24) is 0 Å². The maximum absolute atomic E-state index is 13.6. The molecular weight excluding hydrogens is 324 g/mol. The van der Waals surface area contributed by atoms with Gasteiger partial charge in [0, 0.05) is 18.9 Å². The van der Waals surface area contributed by atoms with Crippen LogP contribution >= 0.6 is 11.6 Å². The van der Waals surface area contributed by atoms with Gasteiger partial charge in [-0.25, -0.2) is 8.78 Å². The number of carbonyl (C=O) groups is 2. The molecule has 23 heavy (non-hydrogen) atoms. The lowest BCUT2D eigenvalue weighted by molar-refractivity contribution is -0.118. The molecule has 120 valence electrons. The topological polar surface area (TPSA) is 46.2 Å². The molecule has 0 aliphatic heterocycles. The Bertz CT molecular complexity index is 762. The lowest BCUT2D eigenvalue weighted by atomic mass is 10.0. The lowest BCUT2D eigenvalue weighted by Gasteiger charge is -2.12. The minimum Gasteiger partial charge on any atom is -0.319 e. The van der Waals surface area contributed by atoms with Crippen LogP contribution in [0.25, 0.3) is 0 Å². The maximum atomic E-state index is 13.6. The lowest BCUT2D eigenvalue weighted by Crippen LogP contribution is -2.17. The van der Waals surface area contributed by atoms with Crippen molar-refractivity contribution >= 4 is 29.0 Å². The van der Waals surface area contributed by atoms with E-state index in [9.17, 15) is 18.4 Å². The molecule has 3 nitrogen and oxygen atoms in total. The minimum atomic E-state index is -0.766. The molecule has 0 spiro atoms. The monoisotopic (exact) mass is 337 g/mol. The standard InChI is InChI=1S/C17H14ClF2NO2/c1-2-12(22)8-10-4-3-5-13(18)16(10)17(23)21-15-9-11(19)6-7-14(15)20/h3-7,9H,2,8H2,1H3,(H,21,23). The number of ketones is 1. The highest BCUT2D eigenvalue weighted by molar-refractivity contribution is 6.34. The summed E-state index contributed by atoms with van der Waals surface area (Å²) >= 11 is 6.05. The predicted molar refractivity (Wildman–Crippen MR) is 84.8 cm³/mol. The van der Waals surface area contributed by atoms with Gasteiger partial charge in [-0.15, -0.1) is 0 Å². The Morgan fingerprint density at radius 3 is 2.61 bits per heavy atom. The van der Waals surface area contributed by atoms with E-state index < -0.39 is 17.5 Å².